The second kappa shape index (κ2) is 6.45. The summed E-state index contributed by atoms with van der Waals surface area (Å²) in [6.07, 6.45) is 1.09. The molecule has 2 rings (SSSR count). The SMILES string of the molecule is FC(F)(F)SCCN1CCC(N2CCNCC2)C1. The van der Waals surface area contributed by atoms with Gasteiger partial charge in [0, 0.05) is 51.1 Å². The Morgan fingerprint density at radius 2 is 1.89 bits per heavy atom. The summed E-state index contributed by atoms with van der Waals surface area (Å²) < 4.78 is 36.1. The minimum absolute atomic E-state index is 0.0920. The van der Waals surface area contributed by atoms with Crippen molar-refractivity contribution in [3.8, 4) is 0 Å². The molecule has 0 bridgehead atoms. The Morgan fingerprint density at radius 1 is 1.17 bits per heavy atom. The fourth-order valence-electron chi connectivity index (χ4n) is 2.65. The molecule has 2 aliphatic heterocycles. The lowest BCUT2D eigenvalue weighted by atomic mass is 10.2. The number of rotatable bonds is 4. The Bertz CT molecular complexity index is 256. The maximum Gasteiger partial charge on any atom is 0.441 e. The van der Waals surface area contributed by atoms with E-state index >= 15 is 0 Å². The number of nitrogens with one attached hydrogen (secondary N) is 1. The summed E-state index contributed by atoms with van der Waals surface area (Å²) in [6.45, 7) is 6.60. The lowest BCUT2D eigenvalue weighted by Crippen LogP contribution is -2.49. The average Bonchev–Trinajstić information content (AvgIpc) is 2.77. The zero-order valence-corrected chi connectivity index (χ0v) is 11.2. The third kappa shape index (κ3) is 4.60. The van der Waals surface area contributed by atoms with Crippen molar-refractivity contribution in [3.05, 3.63) is 0 Å². The van der Waals surface area contributed by atoms with E-state index in [9.17, 15) is 13.2 Å². The summed E-state index contributed by atoms with van der Waals surface area (Å²) >= 11 is 0.0920. The Kier molecular flexibility index (Phi) is 5.17. The van der Waals surface area contributed by atoms with Gasteiger partial charge in [-0.3, -0.25) is 4.90 Å². The van der Waals surface area contributed by atoms with E-state index in [1.54, 1.807) is 0 Å². The van der Waals surface area contributed by atoms with Gasteiger partial charge in [0.2, 0.25) is 0 Å². The molecule has 0 saturated carbocycles. The van der Waals surface area contributed by atoms with Gasteiger partial charge in [-0.15, -0.1) is 0 Å². The largest absolute Gasteiger partial charge is 0.441 e. The molecule has 0 aromatic heterocycles. The molecule has 106 valence electrons. The second-order valence-electron chi connectivity index (χ2n) is 4.82. The van der Waals surface area contributed by atoms with Crippen LogP contribution in [0.1, 0.15) is 6.42 Å². The van der Waals surface area contributed by atoms with Crippen molar-refractivity contribution < 1.29 is 13.2 Å². The number of piperazine rings is 1. The molecule has 7 heteroatoms. The van der Waals surface area contributed by atoms with Crippen molar-refractivity contribution >= 4 is 11.8 Å². The van der Waals surface area contributed by atoms with Crippen LogP contribution in [-0.4, -0.2) is 72.9 Å². The van der Waals surface area contributed by atoms with E-state index in [4.69, 9.17) is 0 Å². The molecule has 18 heavy (non-hydrogen) atoms. The number of thioether (sulfide) groups is 1. The summed E-state index contributed by atoms with van der Waals surface area (Å²) in [7, 11) is 0. The van der Waals surface area contributed by atoms with Gasteiger partial charge < -0.3 is 10.2 Å². The molecular weight excluding hydrogens is 263 g/mol. The number of likely N-dealkylation sites (tertiary alicyclic amines) is 1. The van der Waals surface area contributed by atoms with E-state index in [1.165, 1.54) is 0 Å². The van der Waals surface area contributed by atoms with Crippen LogP contribution < -0.4 is 5.32 Å². The maximum absolute atomic E-state index is 12.0. The first-order valence-electron chi connectivity index (χ1n) is 6.42. The van der Waals surface area contributed by atoms with Crippen LogP contribution >= 0.6 is 11.8 Å². The highest BCUT2D eigenvalue weighted by molar-refractivity contribution is 8.00. The Morgan fingerprint density at radius 3 is 2.56 bits per heavy atom. The zero-order chi connectivity index (χ0) is 13.0. The van der Waals surface area contributed by atoms with E-state index < -0.39 is 5.51 Å². The highest BCUT2D eigenvalue weighted by Gasteiger charge is 2.30. The highest BCUT2D eigenvalue weighted by Crippen LogP contribution is 2.30. The first-order chi connectivity index (χ1) is 8.54. The quantitative estimate of drug-likeness (QED) is 0.836. The predicted molar refractivity (Wildman–Crippen MR) is 67.8 cm³/mol. The number of nitrogens with zero attached hydrogens (tertiary/aromatic N) is 2. The molecule has 0 spiro atoms. The van der Waals surface area contributed by atoms with Gasteiger partial charge in [-0.1, -0.05) is 0 Å². The molecule has 0 radical (unpaired) electrons. The third-order valence-corrected chi connectivity index (χ3v) is 4.30. The molecule has 0 aromatic carbocycles. The van der Waals surface area contributed by atoms with Crippen molar-refractivity contribution in [1.29, 1.82) is 0 Å². The molecule has 3 nitrogen and oxygen atoms in total. The summed E-state index contributed by atoms with van der Waals surface area (Å²) in [5.41, 5.74) is -4.09. The monoisotopic (exact) mass is 283 g/mol. The average molecular weight is 283 g/mol. The van der Waals surface area contributed by atoms with Crippen LogP contribution in [-0.2, 0) is 0 Å². The van der Waals surface area contributed by atoms with Gasteiger partial charge in [-0.05, 0) is 24.7 Å². The topological polar surface area (TPSA) is 18.5 Å². The van der Waals surface area contributed by atoms with Gasteiger partial charge in [-0.25, -0.2) is 0 Å². The molecule has 2 heterocycles. The van der Waals surface area contributed by atoms with Crippen LogP contribution in [0.25, 0.3) is 0 Å². The normalized spacial score (nSPS) is 27.8. The van der Waals surface area contributed by atoms with Crippen LogP contribution in [0, 0.1) is 0 Å². The van der Waals surface area contributed by atoms with Crippen molar-refractivity contribution in [1.82, 2.24) is 15.1 Å². The lowest BCUT2D eigenvalue weighted by molar-refractivity contribution is -0.0328. The van der Waals surface area contributed by atoms with Gasteiger partial charge in [0.15, 0.2) is 0 Å². The van der Waals surface area contributed by atoms with Crippen molar-refractivity contribution in [2.75, 3.05) is 51.6 Å². The first-order valence-corrected chi connectivity index (χ1v) is 7.41. The molecule has 0 amide bonds. The lowest BCUT2D eigenvalue weighted by Gasteiger charge is -2.32. The maximum atomic E-state index is 12.0. The third-order valence-electron chi connectivity index (χ3n) is 3.59. The predicted octanol–water partition coefficient (Wildman–Crippen LogP) is 1.22. The summed E-state index contributed by atoms with van der Waals surface area (Å²) in [5.74, 6) is 0.151. The minimum atomic E-state index is -4.09. The molecule has 1 atom stereocenters. The van der Waals surface area contributed by atoms with Crippen LogP contribution in [0.3, 0.4) is 0 Å². The van der Waals surface area contributed by atoms with E-state index in [2.05, 4.69) is 15.1 Å². The Balaban J connectivity index is 1.65. The van der Waals surface area contributed by atoms with Crippen molar-refractivity contribution in [2.45, 2.75) is 18.0 Å². The summed E-state index contributed by atoms with van der Waals surface area (Å²) in [6, 6.07) is 0.544. The molecule has 0 aliphatic carbocycles. The molecule has 0 aromatic rings. The van der Waals surface area contributed by atoms with E-state index in [-0.39, 0.29) is 17.5 Å². The standard InChI is InChI=1S/C11H20F3N3S/c12-11(13,14)18-8-7-16-4-1-10(9-16)17-5-2-15-3-6-17/h10,15H,1-9H2. The highest BCUT2D eigenvalue weighted by atomic mass is 32.2. The van der Waals surface area contributed by atoms with Crippen LogP contribution in [0.2, 0.25) is 0 Å². The Labute approximate surface area is 110 Å². The smallest absolute Gasteiger partial charge is 0.314 e. The van der Waals surface area contributed by atoms with Crippen LogP contribution in [0.15, 0.2) is 0 Å². The molecule has 2 saturated heterocycles. The van der Waals surface area contributed by atoms with Crippen LogP contribution in [0.4, 0.5) is 13.2 Å². The van der Waals surface area contributed by atoms with Crippen molar-refractivity contribution in [2.24, 2.45) is 0 Å². The number of hydrogen-bond acceptors (Lipinski definition) is 4. The molecule has 1 N–H and O–H groups in total. The van der Waals surface area contributed by atoms with E-state index in [1.807, 2.05) is 0 Å². The molecular formula is C11H20F3N3S. The van der Waals surface area contributed by atoms with Crippen LogP contribution in [0.5, 0.6) is 0 Å². The fraction of sp³-hybridized carbons (Fsp3) is 1.00. The van der Waals surface area contributed by atoms with Gasteiger partial charge in [0.1, 0.15) is 0 Å². The van der Waals surface area contributed by atoms with Crippen molar-refractivity contribution in [3.63, 3.8) is 0 Å². The van der Waals surface area contributed by atoms with Gasteiger partial charge in [0.25, 0.3) is 0 Å². The minimum Gasteiger partial charge on any atom is -0.314 e. The second-order valence-corrected chi connectivity index (χ2v) is 5.98. The fourth-order valence-corrected chi connectivity index (χ4v) is 3.23. The number of hydrogen-bond donors (Lipinski definition) is 1. The van der Waals surface area contributed by atoms with E-state index in [0.29, 0.717) is 12.6 Å². The van der Waals surface area contributed by atoms with Gasteiger partial charge in [0.05, 0.1) is 0 Å². The molecule has 2 fully saturated rings. The number of halogens is 3. The summed E-state index contributed by atoms with van der Waals surface area (Å²) in [4.78, 5) is 4.62. The van der Waals surface area contributed by atoms with Gasteiger partial charge >= 0.3 is 5.51 Å². The van der Waals surface area contributed by atoms with E-state index in [0.717, 1.165) is 45.7 Å². The summed E-state index contributed by atoms with van der Waals surface area (Å²) in [5, 5.41) is 3.32. The number of alkyl halides is 3. The Hall–Kier alpha value is 0.0200. The molecule has 1 unspecified atom stereocenters. The molecule has 2 aliphatic rings. The first kappa shape index (κ1) is 14.4. The zero-order valence-electron chi connectivity index (χ0n) is 10.4. The van der Waals surface area contributed by atoms with Gasteiger partial charge in [-0.2, -0.15) is 13.2 Å².